The molecule has 1 unspecified atom stereocenters. The summed E-state index contributed by atoms with van der Waals surface area (Å²) in [5.41, 5.74) is 6.27. The van der Waals surface area contributed by atoms with Crippen molar-refractivity contribution in [3.05, 3.63) is 77.3 Å². The molecule has 3 N–H and O–H groups in total. The molecule has 0 aliphatic heterocycles. The fourth-order valence-corrected chi connectivity index (χ4v) is 12.0. The zero-order chi connectivity index (χ0) is 33.3. The van der Waals surface area contributed by atoms with E-state index in [1.54, 1.807) is 6.33 Å². The number of nitrogens with zero attached hydrogens (tertiary/aromatic N) is 3. The van der Waals surface area contributed by atoms with E-state index in [-0.39, 0.29) is 28.9 Å². The standard InChI is InChI=1S/C38H55N5O3Si/c1-3-5-7-8-9-10-11-12-19-24-34(44)46-29-31(28-43-30-40-35-36(43)41-38(39)42-37(35)45)25-27-47(26-6-4-2,32-20-15-13-16-21-32)33-22-17-14-18-23-33/h13-18,20-23,30-31H,3-12,19,24-29H2,1-2H3,(H3,39,41,42,45). The van der Waals surface area contributed by atoms with Gasteiger partial charge in [0.1, 0.15) is 8.07 Å². The van der Waals surface area contributed by atoms with E-state index >= 15 is 0 Å². The molecule has 4 aromatic rings. The highest BCUT2D eigenvalue weighted by atomic mass is 28.3. The lowest BCUT2D eigenvalue weighted by molar-refractivity contribution is -0.145. The van der Waals surface area contributed by atoms with Gasteiger partial charge in [0, 0.05) is 18.9 Å². The van der Waals surface area contributed by atoms with Crippen molar-refractivity contribution >= 4 is 41.5 Å². The summed E-state index contributed by atoms with van der Waals surface area (Å²) in [6, 6.07) is 24.2. The van der Waals surface area contributed by atoms with Crippen molar-refractivity contribution in [2.75, 3.05) is 12.3 Å². The molecular formula is C38H55N5O3Si. The number of H-pyrrole nitrogens is 1. The fourth-order valence-electron chi connectivity index (χ4n) is 6.79. The molecule has 0 amide bonds. The van der Waals surface area contributed by atoms with E-state index in [2.05, 4.69) is 89.5 Å². The Kier molecular flexibility index (Phi) is 14.7. The summed E-state index contributed by atoms with van der Waals surface area (Å²) in [6.07, 6.45) is 16.1. The number of nitrogens with one attached hydrogen (secondary N) is 1. The van der Waals surface area contributed by atoms with Crippen molar-refractivity contribution in [1.29, 1.82) is 0 Å². The number of esters is 1. The van der Waals surface area contributed by atoms with Crippen LogP contribution < -0.4 is 21.7 Å². The molecule has 47 heavy (non-hydrogen) atoms. The van der Waals surface area contributed by atoms with Gasteiger partial charge in [-0.2, -0.15) is 4.98 Å². The van der Waals surface area contributed by atoms with E-state index in [0.29, 0.717) is 25.2 Å². The quantitative estimate of drug-likeness (QED) is 0.0523. The maximum absolute atomic E-state index is 12.9. The number of fused-ring (bicyclic) bond motifs is 1. The zero-order valence-electron chi connectivity index (χ0n) is 28.6. The van der Waals surface area contributed by atoms with Gasteiger partial charge in [0.05, 0.1) is 12.9 Å². The molecule has 2 heterocycles. The number of aromatic nitrogens is 4. The Morgan fingerprint density at radius 1 is 0.851 bits per heavy atom. The van der Waals surface area contributed by atoms with Crippen molar-refractivity contribution < 1.29 is 9.53 Å². The average molecular weight is 658 g/mol. The highest BCUT2D eigenvalue weighted by Crippen LogP contribution is 2.26. The van der Waals surface area contributed by atoms with Crippen molar-refractivity contribution in [2.24, 2.45) is 5.92 Å². The van der Waals surface area contributed by atoms with Crippen LogP contribution in [0.25, 0.3) is 11.2 Å². The second-order valence-corrected chi connectivity index (χ2v) is 17.4. The molecule has 0 radical (unpaired) electrons. The van der Waals surface area contributed by atoms with Crippen LogP contribution in [0.5, 0.6) is 0 Å². The number of carbonyl (C=O) groups is 1. The Hall–Kier alpha value is -3.72. The Labute approximate surface area is 281 Å². The van der Waals surface area contributed by atoms with Gasteiger partial charge in [-0.05, 0) is 24.9 Å². The molecule has 0 saturated carbocycles. The van der Waals surface area contributed by atoms with Crippen molar-refractivity contribution in [3.63, 3.8) is 0 Å². The predicted octanol–water partition coefficient (Wildman–Crippen LogP) is 7.24. The fraction of sp³-hybridized carbons (Fsp3) is 0.526. The largest absolute Gasteiger partial charge is 0.465 e. The Morgan fingerprint density at radius 2 is 1.45 bits per heavy atom. The smallest absolute Gasteiger partial charge is 0.305 e. The number of nitrogen functional groups attached to an aromatic ring is 1. The minimum Gasteiger partial charge on any atom is -0.465 e. The summed E-state index contributed by atoms with van der Waals surface area (Å²) < 4.78 is 7.86. The molecule has 9 heteroatoms. The van der Waals surface area contributed by atoms with Crippen molar-refractivity contribution in [1.82, 2.24) is 19.5 Å². The van der Waals surface area contributed by atoms with Crippen LogP contribution in [-0.2, 0) is 16.1 Å². The van der Waals surface area contributed by atoms with E-state index in [1.807, 2.05) is 4.57 Å². The highest BCUT2D eigenvalue weighted by Gasteiger charge is 2.37. The minimum atomic E-state index is -2.16. The predicted molar refractivity (Wildman–Crippen MR) is 196 cm³/mol. The van der Waals surface area contributed by atoms with Crippen LogP contribution >= 0.6 is 0 Å². The number of anilines is 1. The summed E-state index contributed by atoms with van der Waals surface area (Å²) in [5.74, 6) is -0.0529. The average Bonchev–Trinajstić information content (AvgIpc) is 3.49. The van der Waals surface area contributed by atoms with Gasteiger partial charge in [0.15, 0.2) is 11.2 Å². The maximum Gasteiger partial charge on any atom is 0.305 e. The third-order valence-corrected chi connectivity index (χ3v) is 14.7. The molecule has 4 rings (SSSR count). The van der Waals surface area contributed by atoms with Crippen LogP contribution in [0.1, 0.15) is 97.3 Å². The lowest BCUT2D eigenvalue weighted by atomic mass is 10.1. The van der Waals surface area contributed by atoms with Crippen molar-refractivity contribution in [3.8, 4) is 0 Å². The monoisotopic (exact) mass is 657 g/mol. The number of hydrogen-bond acceptors (Lipinski definition) is 6. The van der Waals surface area contributed by atoms with Gasteiger partial charge in [0.2, 0.25) is 5.95 Å². The first-order chi connectivity index (χ1) is 23.0. The molecule has 0 spiro atoms. The Balaban J connectivity index is 1.49. The summed E-state index contributed by atoms with van der Waals surface area (Å²) in [5, 5.41) is 2.88. The van der Waals surface area contributed by atoms with Gasteiger partial charge >= 0.3 is 5.97 Å². The van der Waals surface area contributed by atoms with Crippen LogP contribution in [-0.4, -0.2) is 40.2 Å². The Morgan fingerprint density at radius 3 is 2.06 bits per heavy atom. The van der Waals surface area contributed by atoms with Gasteiger partial charge in [-0.15, -0.1) is 0 Å². The number of aromatic amines is 1. The lowest BCUT2D eigenvalue weighted by Gasteiger charge is -2.34. The first-order valence-corrected chi connectivity index (χ1v) is 20.4. The van der Waals surface area contributed by atoms with Crippen LogP contribution in [0, 0.1) is 5.92 Å². The normalized spacial score (nSPS) is 12.4. The minimum absolute atomic E-state index is 0.0164. The van der Waals surface area contributed by atoms with Gasteiger partial charge in [-0.25, -0.2) is 4.98 Å². The number of hydrogen-bond donors (Lipinski definition) is 2. The molecule has 0 aliphatic carbocycles. The number of unbranched alkanes of at least 4 members (excludes halogenated alkanes) is 9. The van der Waals surface area contributed by atoms with Gasteiger partial charge in [-0.3, -0.25) is 14.6 Å². The van der Waals surface area contributed by atoms with Crippen LogP contribution in [0.4, 0.5) is 5.95 Å². The summed E-state index contributed by atoms with van der Waals surface area (Å²) in [4.78, 5) is 36.7. The lowest BCUT2D eigenvalue weighted by Crippen LogP contribution is -2.58. The van der Waals surface area contributed by atoms with Gasteiger partial charge < -0.3 is 15.0 Å². The van der Waals surface area contributed by atoms with Crippen LogP contribution in [0.15, 0.2) is 71.8 Å². The molecule has 0 aliphatic rings. The first kappa shape index (κ1) is 36.1. The van der Waals surface area contributed by atoms with Crippen LogP contribution in [0.2, 0.25) is 12.1 Å². The zero-order valence-corrected chi connectivity index (χ0v) is 29.6. The third kappa shape index (κ3) is 10.6. The van der Waals surface area contributed by atoms with E-state index in [4.69, 9.17) is 10.5 Å². The van der Waals surface area contributed by atoms with E-state index in [9.17, 15) is 9.59 Å². The molecule has 254 valence electrons. The molecule has 0 bridgehead atoms. The number of carbonyl (C=O) groups excluding carboxylic acids is 1. The van der Waals surface area contributed by atoms with Gasteiger partial charge in [0.25, 0.3) is 5.56 Å². The van der Waals surface area contributed by atoms with Gasteiger partial charge in [-0.1, -0.05) is 149 Å². The molecule has 2 aromatic heterocycles. The van der Waals surface area contributed by atoms with E-state index in [0.717, 1.165) is 44.2 Å². The van der Waals surface area contributed by atoms with Crippen molar-refractivity contribution in [2.45, 2.75) is 116 Å². The number of nitrogens with two attached hydrogens (primary N) is 1. The highest BCUT2D eigenvalue weighted by molar-refractivity contribution is 7.02. The SMILES string of the molecule is CCCCCCCCCCCC(=O)OCC(CC[Si](CCCC)(c1ccccc1)c1ccccc1)Cn1cnc2c(=O)[nH]c(N)nc21. The molecule has 1 atom stereocenters. The van der Waals surface area contributed by atoms with Crippen LogP contribution in [0.3, 0.4) is 0 Å². The Bertz CT molecular complexity index is 1500. The molecule has 8 nitrogen and oxygen atoms in total. The molecule has 0 fully saturated rings. The summed E-state index contributed by atoms with van der Waals surface area (Å²) in [6.45, 7) is 5.35. The number of ether oxygens (including phenoxy) is 1. The number of imidazole rings is 1. The second kappa shape index (κ2) is 19.2. The number of benzene rings is 2. The molecule has 0 saturated heterocycles. The molecule has 2 aromatic carbocycles. The first-order valence-electron chi connectivity index (χ1n) is 17.9. The molecular weight excluding hydrogens is 603 g/mol. The maximum atomic E-state index is 12.9. The second-order valence-electron chi connectivity index (χ2n) is 13.1. The number of rotatable bonds is 22. The van der Waals surface area contributed by atoms with E-state index < -0.39 is 8.07 Å². The third-order valence-electron chi connectivity index (χ3n) is 9.50. The summed E-state index contributed by atoms with van der Waals surface area (Å²) >= 11 is 0. The topological polar surface area (TPSA) is 116 Å². The summed E-state index contributed by atoms with van der Waals surface area (Å²) in [7, 11) is -2.16. The van der Waals surface area contributed by atoms with E-state index in [1.165, 1.54) is 55.3 Å².